The molecule has 0 spiro atoms. The molecule has 25 heteroatoms. The van der Waals surface area contributed by atoms with E-state index in [1.165, 1.54) is 46.0 Å². The number of piperidine rings is 8. The lowest BCUT2D eigenvalue weighted by Crippen LogP contribution is -2.46. The molecule has 0 saturated carbocycles. The number of hydrogen-bond acceptors (Lipinski definition) is 21. The van der Waals surface area contributed by atoms with Gasteiger partial charge in [-0.2, -0.15) is 0 Å². The first kappa shape index (κ1) is 125. The number of benzene rings is 5. The molecule has 0 aromatic heterocycles. The van der Waals surface area contributed by atoms with Gasteiger partial charge in [0, 0.05) is 234 Å². The second kappa shape index (κ2) is 66.3. The molecule has 8 fully saturated rings. The van der Waals surface area contributed by atoms with Crippen LogP contribution in [0.3, 0.4) is 0 Å². The van der Waals surface area contributed by atoms with E-state index in [2.05, 4.69) is 221 Å². The maximum absolute atomic E-state index is 11.7. The molecule has 5 aromatic carbocycles. The highest BCUT2D eigenvalue weighted by molar-refractivity contribution is 6.80. The van der Waals surface area contributed by atoms with Crippen molar-refractivity contribution in [3.63, 3.8) is 0 Å². The number of rotatable bonds is 13. The predicted octanol–water partition coefficient (Wildman–Crippen LogP) is 22.2. The van der Waals surface area contributed by atoms with Crippen molar-refractivity contribution in [2.75, 3.05) is 52.4 Å². The van der Waals surface area contributed by atoms with Crippen LogP contribution in [-0.2, 0) is 57.4 Å². The number of amides is 2. The van der Waals surface area contributed by atoms with Gasteiger partial charge in [0.2, 0.25) is 5.24 Å². The number of likely N-dealkylation sites (tertiary alicyclic amines) is 6. The number of ether oxygens (including phenoxy) is 2. The third kappa shape index (κ3) is 53.2. The second-order valence-corrected chi connectivity index (χ2v) is 45.6. The summed E-state index contributed by atoms with van der Waals surface area (Å²) < 4.78 is 10.5. The SMILES string of the molecule is C/C=C/C(=O)Cl.C=CC(=O)/C=C/C.C=C[Si](C)(C)C.C[C@@H]1CC(=O)CCN1.C[C@@H]1CC(=O)CCN1C(=O)OC(C)(C)C.C[C@@H]1CC(=O)CCN1[C@@H](C)c1ccccc1.C[C@@H]1CC(=O)CCN1[C@@H](C)c1ccccc1.C[C@H](N)c1ccccc1.C[C@H]1CC(=O)CCN1.C[C@H]1CC(=O)CCN1C(=O)OC(C)(C)C.C[C@H]1CC(=O)CCN1[C@@H](C)c1ccccc1.C[C@H]1CC(=O)CCN1[C@@H](C)c1ccccc1. The van der Waals surface area contributed by atoms with Crippen LogP contribution in [-0.4, -0.2) is 219 Å². The molecule has 13 atom stereocenters. The number of nitrogens with zero attached hydrogens (tertiary/aromatic N) is 6. The van der Waals surface area contributed by atoms with Crippen LogP contribution in [0.15, 0.2) is 201 Å². The molecular formula is C113H172ClN9O14Si. The molecule has 8 aliphatic heterocycles. The zero-order valence-corrected chi connectivity index (χ0v) is 89.9. The van der Waals surface area contributed by atoms with Gasteiger partial charge in [-0.1, -0.05) is 190 Å². The summed E-state index contributed by atoms with van der Waals surface area (Å²) in [6.45, 7) is 61.9. The Kier molecular flexibility index (Phi) is 59.8. The van der Waals surface area contributed by atoms with Crippen molar-refractivity contribution in [3.05, 3.63) is 229 Å². The summed E-state index contributed by atoms with van der Waals surface area (Å²) in [6.07, 6.45) is 17.0. The van der Waals surface area contributed by atoms with Gasteiger partial charge >= 0.3 is 12.2 Å². The number of nitrogens with one attached hydrogen (secondary N) is 2. The maximum Gasteiger partial charge on any atom is 0.410 e. The molecule has 5 aromatic rings. The summed E-state index contributed by atoms with van der Waals surface area (Å²) in [6, 6.07) is 56.1. The molecule has 2 amide bonds. The molecule has 764 valence electrons. The quantitative estimate of drug-likeness (QED) is 0.0560. The molecule has 13 rings (SSSR count). The van der Waals surface area contributed by atoms with Crippen molar-refractivity contribution in [1.29, 1.82) is 0 Å². The Morgan fingerprint density at radius 3 is 0.754 bits per heavy atom. The summed E-state index contributed by atoms with van der Waals surface area (Å²) in [5.41, 5.74) is 13.3. The zero-order chi connectivity index (χ0) is 104. The van der Waals surface area contributed by atoms with E-state index in [9.17, 15) is 57.5 Å². The number of allylic oxidation sites excluding steroid dienone is 5. The zero-order valence-electron chi connectivity index (χ0n) is 88.1. The van der Waals surface area contributed by atoms with E-state index in [1.807, 2.05) is 131 Å². The molecule has 138 heavy (non-hydrogen) atoms. The number of halogens is 1. The Morgan fingerprint density at radius 2 is 0.601 bits per heavy atom. The number of nitrogens with two attached hydrogens (primary N) is 1. The van der Waals surface area contributed by atoms with Gasteiger partial charge in [0.05, 0.1) is 8.07 Å². The van der Waals surface area contributed by atoms with Crippen LogP contribution in [0, 0.1) is 0 Å². The lowest BCUT2D eigenvalue weighted by atomic mass is 9.97. The minimum atomic E-state index is -0.867. The molecule has 0 radical (unpaired) electrons. The molecule has 23 nitrogen and oxygen atoms in total. The molecule has 0 bridgehead atoms. The predicted molar refractivity (Wildman–Crippen MR) is 566 cm³/mol. The first-order valence-corrected chi connectivity index (χ1v) is 53.7. The Morgan fingerprint density at radius 1 is 0.377 bits per heavy atom. The third-order valence-electron chi connectivity index (χ3n) is 24.3. The third-order valence-corrected chi connectivity index (χ3v) is 25.7. The number of carbonyl (C=O) groups excluding carboxylic acids is 12. The Balaban J connectivity index is 0.000000517. The minimum absolute atomic E-state index is 0.0394. The molecular weight excluding hydrogens is 1770 g/mol. The van der Waals surface area contributed by atoms with E-state index in [-0.39, 0.29) is 47.7 Å². The number of carbonyl (C=O) groups is 12. The molecule has 8 aliphatic rings. The average molecular weight is 1940 g/mol. The lowest BCUT2D eigenvalue weighted by Gasteiger charge is -2.37. The smallest absolute Gasteiger partial charge is 0.410 e. The maximum atomic E-state index is 11.7. The first-order valence-electron chi connectivity index (χ1n) is 49.7. The van der Waals surface area contributed by atoms with E-state index in [1.54, 1.807) is 35.8 Å². The van der Waals surface area contributed by atoms with Crippen molar-refractivity contribution >= 4 is 89.2 Å². The Hall–Kier alpha value is -9.47. The van der Waals surface area contributed by atoms with Gasteiger partial charge in [-0.25, -0.2) is 9.59 Å². The van der Waals surface area contributed by atoms with Crippen LogP contribution in [0.2, 0.25) is 19.6 Å². The largest absolute Gasteiger partial charge is 0.444 e. The van der Waals surface area contributed by atoms with Gasteiger partial charge in [-0.3, -0.25) is 67.5 Å². The van der Waals surface area contributed by atoms with Crippen molar-refractivity contribution < 1.29 is 67.0 Å². The summed E-state index contributed by atoms with van der Waals surface area (Å²) in [7, 11) is -0.867. The fourth-order valence-corrected chi connectivity index (χ4v) is 16.5. The highest BCUT2D eigenvalue weighted by Crippen LogP contribution is 2.32. The van der Waals surface area contributed by atoms with Gasteiger partial charge in [-0.05, 0) is 203 Å². The molecule has 0 unspecified atom stereocenters. The summed E-state index contributed by atoms with van der Waals surface area (Å²) in [5.74, 6) is 2.83. The van der Waals surface area contributed by atoms with Gasteiger partial charge in [0.1, 0.15) is 57.5 Å². The van der Waals surface area contributed by atoms with Crippen LogP contribution >= 0.6 is 11.6 Å². The molecule has 0 aliphatic carbocycles. The van der Waals surface area contributed by atoms with Gasteiger partial charge in [0.15, 0.2) is 5.78 Å². The van der Waals surface area contributed by atoms with Gasteiger partial charge in [0.25, 0.3) is 0 Å². The van der Waals surface area contributed by atoms with Crippen molar-refractivity contribution in [2.45, 2.75) is 358 Å². The normalized spacial score (nSPS) is 22.0. The van der Waals surface area contributed by atoms with Crippen molar-refractivity contribution in [1.82, 2.24) is 40.0 Å². The van der Waals surface area contributed by atoms with Crippen LogP contribution in [0.25, 0.3) is 0 Å². The fourth-order valence-electron chi connectivity index (χ4n) is 16.4. The number of ketones is 9. The minimum Gasteiger partial charge on any atom is -0.444 e. The summed E-state index contributed by atoms with van der Waals surface area (Å²) >= 11 is 4.85. The van der Waals surface area contributed by atoms with Gasteiger partial charge in [-0.15, -0.1) is 12.3 Å². The topological polar surface area (TPSA) is 293 Å². The van der Waals surface area contributed by atoms with E-state index < -0.39 is 24.5 Å². The van der Waals surface area contributed by atoms with Crippen LogP contribution in [0.5, 0.6) is 0 Å². The molecule has 4 N–H and O–H groups in total. The summed E-state index contributed by atoms with van der Waals surface area (Å²) in [4.78, 5) is 145. The van der Waals surface area contributed by atoms with Crippen LogP contribution in [0.4, 0.5) is 9.59 Å². The Bertz CT molecular complexity index is 4160. The first-order chi connectivity index (χ1) is 64.8. The van der Waals surface area contributed by atoms with E-state index >= 15 is 0 Å². The second-order valence-electron chi connectivity index (χ2n) is 40.1. The Labute approximate surface area is 835 Å². The van der Waals surface area contributed by atoms with Crippen LogP contribution < -0.4 is 16.4 Å². The fraction of sp³-hybridized carbons (Fsp3) is 0.558. The van der Waals surface area contributed by atoms with E-state index in [4.69, 9.17) is 26.8 Å². The van der Waals surface area contributed by atoms with E-state index in [0.29, 0.717) is 185 Å². The summed E-state index contributed by atoms with van der Waals surface area (Å²) in [5, 5.41) is 5.96. The average Bonchev–Trinajstić information content (AvgIpc) is 0.847. The number of hydrogen-bond donors (Lipinski definition) is 3. The standard InChI is InChI=1S/4C14H19NO.2C11H19NO3.C8H11N.2C6H11NO.C6H8O.C5H12Si.C4H5ClO/c4*1-11-10-14(16)8-9-15(11)12(2)13-6-4-3-5-7-13;2*1-8-7-9(13)5-6-12(8)10(14)15-11(2,3)4;1-7(9)8-5-3-2-4-6-8;2*1-5-4-6(8)2-3-7-5;1-3-5-6(7)4-2;1-5-6(2,3)4;1-2-3-4(5)6/h4*3-7,11-12H,8-10H2,1-2H3;2*8H,5-7H2,1-4H3;2-7H,9H2,1H3;2*5,7H,2-4H2,1H3;3-5H,2H2,1H3;5H,1H2,2-4H3;2-3H,1H3/b;;;;;;;;;5-3+;;3-2+/t2*11-,12+;2*11-,12-;2*8-;7-;2*5-;;;/m110010010.../s1. The lowest BCUT2D eigenvalue weighted by molar-refractivity contribution is -0.124. The highest BCUT2D eigenvalue weighted by atomic mass is 35.5. The molecule has 8 saturated heterocycles. The van der Waals surface area contributed by atoms with E-state index in [0.717, 1.165) is 65.0 Å². The highest BCUT2D eigenvalue weighted by Gasteiger charge is 2.35. The van der Waals surface area contributed by atoms with Crippen molar-refractivity contribution in [3.8, 4) is 0 Å². The monoisotopic (exact) mass is 1940 g/mol. The molecule has 8 heterocycles. The van der Waals surface area contributed by atoms with Crippen molar-refractivity contribution in [2.24, 2.45) is 5.73 Å². The van der Waals surface area contributed by atoms with Gasteiger partial charge < -0.3 is 35.6 Å². The number of Topliss-reactive ketones (excluding diaryl/α,β-unsaturated/α-hetero) is 8. The van der Waals surface area contributed by atoms with Crippen LogP contribution in [0.1, 0.15) is 306 Å².